The van der Waals surface area contributed by atoms with E-state index in [1.807, 2.05) is 12.1 Å². The first-order valence-corrected chi connectivity index (χ1v) is 14.0. The molecule has 1 aliphatic heterocycles. The highest BCUT2D eigenvalue weighted by Gasteiger charge is 2.57. The van der Waals surface area contributed by atoms with Crippen LogP contribution in [0.1, 0.15) is 70.8 Å². The number of hydrogen-bond donors (Lipinski definition) is 0. The summed E-state index contributed by atoms with van der Waals surface area (Å²) in [6, 6.07) is 11.8. The molecule has 0 radical (unpaired) electrons. The summed E-state index contributed by atoms with van der Waals surface area (Å²) < 4.78 is 0. The summed E-state index contributed by atoms with van der Waals surface area (Å²) in [7, 11) is 4.62. The predicted molar refractivity (Wildman–Crippen MR) is 140 cm³/mol. The third kappa shape index (κ3) is 3.39. The van der Waals surface area contributed by atoms with Gasteiger partial charge in [-0.3, -0.25) is 0 Å². The molecule has 9 atom stereocenters. The van der Waals surface area contributed by atoms with E-state index in [1.165, 1.54) is 63.6 Å². The Labute approximate surface area is 207 Å². The fourth-order valence-corrected chi connectivity index (χ4v) is 9.72. The van der Waals surface area contributed by atoms with Crippen molar-refractivity contribution in [1.29, 1.82) is 5.26 Å². The maximum atomic E-state index is 9.35. The summed E-state index contributed by atoms with van der Waals surface area (Å²) in [5.41, 5.74) is 4.12. The van der Waals surface area contributed by atoms with Gasteiger partial charge in [-0.05, 0) is 124 Å². The lowest BCUT2D eigenvalue weighted by Gasteiger charge is -2.53. The van der Waals surface area contributed by atoms with E-state index in [9.17, 15) is 5.26 Å². The quantitative estimate of drug-likeness (QED) is 0.475. The maximum Gasteiger partial charge on any atom is 0.0992 e. The molecule has 182 valence electrons. The first-order valence-electron chi connectivity index (χ1n) is 14.0. The van der Waals surface area contributed by atoms with Crippen LogP contribution in [0, 0.1) is 52.3 Å². The number of benzene rings is 1. The maximum absolute atomic E-state index is 9.35. The van der Waals surface area contributed by atoms with Gasteiger partial charge in [-0.1, -0.05) is 24.6 Å². The number of likely N-dealkylation sites (tertiary alicyclic amines) is 1. The van der Waals surface area contributed by atoms with E-state index in [1.54, 1.807) is 5.57 Å². The molecule has 34 heavy (non-hydrogen) atoms. The van der Waals surface area contributed by atoms with Crippen LogP contribution < -0.4 is 4.90 Å². The predicted octanol–water partition coefficient (Wildman–Crippen LogP) is 6.50. The number of rotatable bonds is 2. The lowest BCUT2D eigenvalue weighted by atomic mass is 9.53. The van der Waals surface area contributed by atoms with Crippen molar-refractivity contribution in [3.05, 3.63) is 41.5 Å². The van der Waals surface area contributed by atoms with E-state index in [2.05, 4.69) is 62.0 Å². The number of nitrogens with zero attached hydrogens (tertiary/aromatic N) is 3. The van der Waals surface area contributed by atoms with Gasteiger partial charge in [0.1, 0.15) is 0 Å². The summed E-state index contributed by atoms with van der Waals surface area (Å²) in [4.78, 5) is 5.14. The second kappa shape index (κ2) is 8.41. The molecule has 3 nitrogen and oxygen atoms in total. The second-order valence-electron chi connectivity index (χ2n) is 12.8. The number of fused-ring (bicyclic) bond motifs is 4. The van der Waals surface area contributed by atoms with Gasteiger partial charge in [-0.2, -0.15) is 5.26 Å². The van der Waals surface area contributed by atoms with Crippen LogP contribution in [0.5, 0.6) is 0 Å². The zero-order chi connectivity index (χ0) is 23.6. The third-order valence-electron chi connectivity index (χ3n) is 11.7. The Morgan fingerprint density at radius 3 is 2.74 bits per heavy atom. The molecular weight excluding hydrogens is 414 g/mol. The molecule has 0 aromatic heterocycles. The second-order valence-corrected chi connectivity index (χ2v) is 12.8. The van der Waals surface area contributed by atoms with E-state index >= 15 is 0 Å². The molecule has 3 saturated carbocycles. The van der Waals surface area contributed by atoms with Crippen LogP contribution in [0.15, 0.2) is 35.9 Å². The van der Waals surface area contributed by atoms with Gasteiger partial charge < -0.3 is 9.80 Å². The molecule has 4 fully saturated rings. The Kier molecular flexibility index (Phi) is 5.60. The molecule has 1 aromatic carbocycles. The number of hydrogen-bond acceptors (Lipinski definition) is 3. The van der Waals surface area contributed by atoms with Crippen LogP contribution in [0.3, 0.4) is 0 Å². The third-order valence-corrected chi connectivity index (χ3v) is 11.7. The van der Waals surface area contributed by atoms with E-state index in [-0.39, 0.29) is 0 Å². The van der Waals surface area contributed by atoms with Crippen LogP contribution in [0.25, 0.3) is 0 Å². The van der Waals surface area contributed by atoms with Gasteiger partial charge in [-0.25, -0.2) is 0 Å². The zero-order valence-corrected chi connectivity index (χ0v) is 21.7. The summed E-state index contributed by atoms with van der Waals surface area (Å²) in [6.45, 7) is 6.50. The summed E-state index contributed by atoms with van der Waals surface area (Å²) in [5, 5.41) is 9.35. The molecule has 0 spiro atoms. The molecule has 1 heterocycles. The van der Waals surface area contributed by atoms with E-state index in [0.29, 0.717) is 11.5 Å². The monoisotopic (exact) mass is 457 g/mol. The Balaban J connectivity index is 1.25. The van der Waals surface area contributed by atoms with E-state index in [0.717, 1.165) is 47.1 Å². The fourth-order valence-electron chi connectivity index (χ4n) is 9.72. The van der Waals surface area contributed by atoms with Gasteiger partial charge in [-0.15, -0.1) is 0 Å². The van der Waals surface area contributed by atoms with Crippen molar-refractivity contribution in [3.63, 3.8) is 0 Å². The topological polar surface area (TPSA) is 30.3 Å². The van der Waals surface area contributed by atoms with Crippen molar-refractivity contribution in [1.82, 2.24) is 4.90 Å². The Bertz CT molecular complexity index is 1010. The number of piperidine rings is 1. The van der Waals surface area contributed by atoms with Crippen LogP contribution in [0.2, 0.25) is 0 Å². The minimum absolute atomic E-state index is 0.401. The van der Waals surface area contributed by atoms with Crippen molar-refractivity contribution in [2.45, 2.75) is 77.3 Å². The van der Waals surface area contributed by atoms with E-state index in [4.69, 9.17) is 0 Å². The number of nitriles is 1. The van der Waals surface area contributed by atoms with Crippen molar-refractivity contribution in [3.8, 4) is 6.07 Å². The van der Waals surface area contributed by atoms with Gasteiger partial charge in [0.2, 0.25) is 0 Å². The Hall–Kier alpha value is -1.79. The molecule has 3 heteroatoms. The zero-order valence-electron chi connectivity index (χ0n) is 21.7. The summed E-state index contributed by atoms with van der Waals surface area (Å²) >= 11 is 0. The number of anilines is 1. The lowest BCUT2D eigenvalue weighted by Crippen LogP contribution is -2.50. The van der Waals surface area contributed by atoms with Gasteiger partial charge in [0, 0.05) is 31.4 Å². The largest absolute Gasteiger partial charge is 0.371 e. The van der Waals surface area contributed by atoms with Crippen molar-refractivity contribution >= 4 is 5.69 Å². The molecule has 5 aliphatic rings. The fraction of sp³-hybridized carbons (Fsp3) is 0.710. The average Bonchev–Trinajstić information content (AvgIpc) is 3.23. The molecule has 0 amide bonds. The first kappa shape index (κ1) is 22.7. The SMILES string of the molecule is C[C@H]1C2CC[C@@H]3C2[C@@H](CC[C@H]2[C@H]3CC=C3C[C@@H](N(C)c4cccc(C#N)c4)CC[C@@]32C)CN1C. The molecule has 0 bridgehead atoms. The highest BCUT2D eigenvalue weighted by molar-refractivity contribution is 5.52. The lowest BCUT2D eigenvalue weighted by molar-refractivity contribution is 0.0147. The van der Waals surface area contributed by atoms with E-state index < -0.39 is 0 Å². The Morgan fingerprint density at radius 2 is 1.91 bits per heavy atom. The highest BCUT2D eigenvalue weighted by Crippen LogP contribution is 2.63. The van der Waals surface area contributed by atoms with Crippen LogP contribution in [0.4, 0.5) is 5.69 Å². The molecule has 1 aromatic rings. The number of allylic oxidation sites excluding steroid dienone is 1. The first-order chi connectivity index (χ1) is 16.4. The summed E-state index contributed by atoms with van der Waals surface area (Å²) in [6.07, 6.45) is 13.7. The molecule has 0 N–H and O–H groups in total. The highest BCUT2D eigenvalue weighted by atomic mass is 15.1. The molecule has 1 saturated heterocycles. The molecular formula is C31H43N3. The van der Waals surface area contributed by atoms with Crippen molar-refractivity contribution in [2.24, 2.45) is 40.9 Å². The van der Waals surface area contributed by atoms with Gasteiger partial charge in [0.25, 0.3) is 0 Å². The Morgan fingerprint density at radius 1 is 1.09 bits per heavy atom. The van der Waals surface area contributed by atoms with Crippen molar-refractivity contribution in [2.75, 3.05) is 25.5 Å². The minimum Gasteiger partial charge on any atom is -0.371 e. The smallest absolute Gasteiger partial charge is 0.0992 e. The van der Waals surface area contributed by atoms with Gasteiger partial charge in [0.15, 0.2) is 0 Å². The van der Waals surface area contributed by atoms with Gasteiger partial charge in [0.05, 0.1) is 11.6 Å². The van der Waals surface area contributed by atoms with Gasteiger partial charge >= 0.3 is 0 Å². The molecule has 6 rings (SSSR count). The normalized spacial score (nSPS) is 43.6. The van der Waals surface area contributed by atoms with Crippen LogP contribution in [-0.4, -0.2) is 37.6 Å². The van der Waals surface area contributed by atoms with Crippen LogP contribution in [-0.2, 0) is 0 Å². The molecule has 2 unspecified atom stereocenters. The standard InChI is InChI=1S/C31H43N3/c1-20-26-11-12-28-27-10-9-23-17-25(34(4)24-7-5-6-21(16-24)18-32)14-15-31(23,2)29(27)13-8-22(30(26)28)19-33(20)3/h5-7,9,16,20,22,25-30H,8,10-15,17,19H2,1-4H3/t20-,22-,25-,26?,27-,28-,29-,30?,31-/m0/s1. The molecule has 4 aliphatic carbocycles. The average molecular weight is 458 g/mol. The minimum atomic E-state index is 0.401. The van der Waals surface area contributed by atoms with Crippen LogP contribution >= 0.6 is 0 Å². The van der Waals surface area contributed by atoms with Crippen molar-refractivity contribution < 1.29 is 0 Å². The summed E-state index contributed by atoms with van der Waals surface area (Å²) in [5.74, 6) is 5.66.